The summed E-state index contributed by atoms with van der Waals surface area (Å²) in [4.78, 5) is 4.67. The first-order valence-electron chi connectivity index (χ1n) is 7.65. The first-order valence-corrected chi connectivity index (χ1v) is 8.70. The predicted molar refractivity (Wildman–Crippen MR) is 83.1 cm³/mol. The van der Waals surface area contributed by atoms with Crippen molar-refractivity contribution in [1.29, 1.82) is 0 Å². The Morgan fingerprint density at radius 3 is 2.95 bits per heavy atom. The molecule has 0 amide bonds. The van der Waals surface area contributed by atoms with Crippen LogP contribution in [0, 0.1) is 0 Å². The van der Waals surface area contributed by atoms with Gasteiger partial charge >= 0.3 is 0 Å². The molecule has 1 unspecified atom stereocenters. The number of benzene rings is 1. The summed E-state index contributed by atoms with van der Waals surface area (Å²) in [6.07, 6.45) is 4.68. The highest BCUT2D eigenvalue weighted by Gasteiger charge is 2.27. The predicted octanol–water partition coefficient (Wildman–Crippen LogP) is 3.41. The molecular formula is C16H19N3OS. The fourth-order valence-corrected chi connectivity index (χ4v) is 4.33. The quantitative estimate of drug-likeness (QED) is 0.921. The van der Waals surface area contributed by atoms with Crippen LogP contribution in [-0.4, -0.2) is 15.9 Å². The monoisotopic (exact) mass is 301 g/mol. The van der Waals surface area contributed by atoms with E-state index in [-0.39, 0.29) is 6.04 Å². The minimum atomic E-state index is 0.148. The molecule has 21 heavy (non-hydrogen) atoms. The van der Waals surface area contributed by atoms with E-state index in [1.54, 1.807) is 0 Å². The molecule has 110 valence electrons. The lowest BCUT2D eigenvalue weighted by molar-refractivity contribution is 0.318. The molecule has 1 aromatic heterocycles. The summed E-state index contributed by atoms with van der Waals surface area (Å²) in [5.74, 6) is 2.84. The minimum absolute atomic E-state index is 0.148. The van der Waals surface area contributed by atoms with Crippen molar-refractivity contribution in [3.63, 3.8) is 0 Å². The van der Waals surface area contributed by atoms with E-state index in [1.165, 1.54) is 36.1 Å². The van der Waals surface area contributed by atoms with Gasteiger partial charge in [0.25, 0.3) is 0 Å². The number of hydrogen-bond acceptors (Lipinski definition) is 5. The van der Waals surface area contributed by atoms with Gasteiger partial charge in [0.15, 0.2) is 5.82 Å². The van der Waals surface area contributed by atoms with Gasteiger partial charge in [-0.25, -0.2) is 0 Å². The average molecular weight is 301 g/mol. The average Bonchev–Trinajstić information content (AvgIpc) is 3.05. The van der Waals surface area contributed by atoms with Gasteiger partial charge in [-0.05, 0) is 36.1 Å². The van der Waals surface area contributed by atoms with Gasteiger partial charge < -0.3 is 9.84 Å². The van der Waals surface area contributed by atoms with Crippen LogP contribution in [0.15, 0.2) is 28.8 Å². The second-order valence-electron chi connectivity index (χ2n) is 5.75. The van der Waals surface area contributed by atoms with Crippen molar-refractivity contribution in [1.82, 2.24) is 15.5 Å². The van der Waals surface area contributed by atoms with E-state index in [4.69, 9.17) is 4.52 Å². The minimum Gasteiger partial charge on any atom is -0.338 e. The van der Waals surface area contributed by atoms with E-state index in [1.807, 2.05) is 11.8 Å². The maximum absolute atomic E-state index is 5.54. The third kappa shape index (κ3) is 2.72. The molecule has 0 aliphatic carbocycles. The van der Waals surface area contributed by atoms with Gasteiger partial charge in [-0.3, -0.25) is 0 Å². The maximum Gasteiger partial charge on any atom is 0.244 e. The fraction of sp³-hybridized carbons (Fsp3) is 0.500. The smallest absolute Gasteiger partial charge is 0.244 e. The second kappa shape index (κ2) is 5.81. The third-order valence-corrected chi connectivity index (χ3v) is 5.68. The van der Waals surface area contributed by atoms with Crippen LogP contribution in [-0.2, 0) is 13.0 Å². The molecule has 0 spiro atoms. The van der Waals surface area contributed by atoms with Gasteiger partial charge in [-0.15, -0.1) is 0 Å². The van der Waals surface area contributed by atoms with Gasteiger partial charge in [-0.2, -0.15) is 16.7 Å². The highest BCUT2D eigenvalue weighted by atomic mass is 32.2. The molecular weight excluding hydrogens is 282 g/mol. The Balaban J connectivity index is 1.51. The van der Waals surface area contributed by atoms with Crippen molar-refractivity contribution in [3.8, 4) is 0 Å². The Hall–Kier alpha value is -1.33. The summed E-state index contributed by atoms with van der Waals surface area (Å²) in [5, 5.41) is 8.15. The molecule has 0 saturated carbocycles. The standard InChI is InChI=1S/C16H19N3OS/c1-2-6-12-10-17-13(9-11(12)5-1)16-18-15(19-20-16)14-7-3-4-8-21-14/h1-2,5-6,13-14,17H,3-4,7-10H2/t13-,14?/m0/s1. The van der Waals surface area contributed by atoms with Crippen LogP contribution in [0.4, 0.5) is 0 Å². The molecule has 4 rings (SSSR count). The van der Waals surface area contributed by atoms with E-state index in [9.17, 15) is 0 Å². The van der Waals surface area contributed by atoms with Crippen molar-refractivity contribution in [3.05, 3.63) is 47.1 Å². The van der Waals surface area contributed by atoms with Gasteiger partial charge in [-0.1, -0.05) is 35.8 Å². The van der Waals surface area contributed by atoms with Crippen molar-refractivity contribution >= 4 is 11.8 Å². The van der Waals surface area contributed by atoms with Gasteiger partial charge in [0.1, 0.15) is 0 Å². The number of rotatable bonds is 2. The van der Waals surface area contributed by atoms with Crippen LogP contribution in [0.5, 0.6) is 0 Å². The molecule has 2 aliphatic heterocycles. The summed E-state index contributed by atoms with van der Waals surface area (Å²) >= 11 is 1.96. The summed E-state index contributed by atoms with van der Waals surface area (Å²) in [6, 6.07) is 8.70. The lowest BCUT2D eigenvalue weighted by atomic mass is 9.96. The van der Waals surface area contributed by atoms with Crippen LogP contribution in [0.2, 0.25) is 0 Å². The number of hydrogen-bond donors (Lipinski definition) is 1. The zero-order chi connectivity index (χ0) is 14.1. The molecule has 1 saturated heterocycles. The molecule has 2 aliphatic rings. The molecule has 3 heterocycles. The Kier molecular flexibility index (Phi) is 3.69. The Labute approximate surface area is 128 Å². The van der Waals surface area contributed by atoms with Gasteiger partial charge in [0, 0.05) is 6.54 Å². The first kappa shape index (κ1) is 13.3. The number of fused-ring (bicyclic) bond motifs is 1. The zero-order valence-corrected chi connectivity index (χ0v) is 12.7. The molecule has 1 aromatic carbocycles. The van der Waals surface area contributed by atoms with Gasteiger partial charge in [0.2, 0.25) is 5.89 Å². The van der Waals surface area contributed by atoms with Crippen LogP contribution in [0.25, 0.3) is 0 Å². The van der Waals surface area contributed by atoms with Crippen molar-refractivity contribution in [2.75, 3.05) is 5.75 Å². The zero-order valence-electron chi connectivity index (χ0n) is 11.9. The van der Waals surface area contributed by atoms with E-state index in [0.29, 0.717) is 5.25 Å². The van der Waals surface area contributed by atoms with Crippen molar-refractivity contribution in [2.24, 2.45) is 0 Å². The highest BCUT2D eigenvalue weighted by molar-refractivity contribution is 7.99. The Bertz CT molecular complexity index is 621. The normalized spacial score (nSPS) is 25.5. The van der Waals surface area contributed by atoms with E-state index in [0.717, 1.165) is 24.7 Å². The highest BCUT2D eigenvalue weighted by Crippen LogP contribution is 2.37. The van der Waals surface area contributed by atoms with Crippen LogP contribution in [0.1, 0.15) is 53.4 Å². The number of nitrogens with one attached hydrogen (secondary N) is 1. The summed E-state index contributed by atoms with van der Waals surface area (Å²) in [6.45, 7) is 0.872. The lowest BCUT2D eigenvalue weighted by Crippen LogP contribution is -2.28. The molecule has 0 bridgehead atoms. The van der Waals surface area contributed by atoms with Crippen LogP contribution < -0.4 is 5.32 Å². The summed E-state index contributed by atoms with van der Waals surface area (Å²) < 4.78 is 5.54. The fourth-order valence-electron chi connectivity index (χ4n) is 3.09. The van der Waals surface area contributed by atoms with E-state index in [2.05, 4.69) is 39.7 Å². The largest absolute Gasteiger partial charge is 0.338 e. The van der Waals surface area contributed by atoms with E-state index >= 15 is 0 Å². The maximum atomic E-state index is 5.54. The van der Waals surface area contributed by atoms with Crippen LogP contribution >= 0.6 is 11.8 Å². The van der Waals surface area contributed by atoms with Gasteiger partial charge in [0.05, 0.1) is 11.3 Å². The van der Waals surface area contributed by atoms with Crippen molar-refractivity contribution < 1.29 is 4.52 Å². The molecule has 4 nitrogen and oxygen atoms in total. The van der Waals surface area contributed by atoms with Crippen LogP contribution in [0.3, 0.4) is 0 Å². The number of thioether (sulfide) groups is 1. The second-order valence-corrected chi connectivity index (χ2v) is 7.06. The molecule has 1 N–H and O–H groups in total. The molecule has 2 aromatic rings. The lowest BCUT2D eigenvalue weighted by Gasteiger charge is -2.23. The Morgan fingerprint density at radius 1 is 1.19 bits per heavy atom. The molecule has 5 heteroatoms. The Morgan fingerprint density at radius 2 is 2.10 bits per heavy atom. The summed E-state index contributed by atoms with van der Waals surface area (Å²) in [5.41, 5.74) is 2.75. The molecule has 2 atom stereocenters. The SMILES string of the molecule is c1ccc2c(c1)CN[C@H](c1nc(C3CCCCS3)no1)C2. The summed E-state index contributed by atoms with van der Waals surface area (Å²) in [7, 11) is 0. The molecule has 1 fully saturated rings. The third-order valence-electron chi connectivity index (χ3n) is 4.30. The first-order chi connectivity index (χ1) is 10.4. The molecule has 0 radical (unpaired) electrons. The number of aromatic nitrogens is 2. The topological polar surface area (TPSA) is 51.0 Å². The van der Waals surface area contributed by atoms with E-state index < -0.39 is 0 Å². The number of nitrogens with zero attached hydrogens (tertiary/aromatic N) is 2. The van der Waals surface area contributed by atoms with Crippen molar-refractivity contribution in [2.45, 2.75) is 43.5 Å².